The van der Waals surface area contributed by atoms with Crippen molar-refractivity contribution in [1.82, 2.24) is 14.6 Å². The number of benzene rings is 1. The van der Waals surface area contributed by atoms with Crippen molar-refractivity contribution in [2.45, 2.75) is 13.8 Å². The molecule has 5 heteroatoms. The Bertz CT molecular complexity index is 953. The summed E-state index contributed by atoms with van der Waals surface area (Å²) >= 11 is 0. The Morgan fingerprint density at radius 2 is 1.88 bits per heavy atom. The molecule has 0 radical (unpaired) electrons. The Morgan fingerprint density at radius 1 is 1.12 bits per heavy atom. The van der Waals surface area contributed by atoms with Gasteiger partial charge in [0.1, 0.15) is 0 Å². The van der Waals surface area contributed by atoms with Gasteiger partial charge in [0.05, 0.1) is 11.4 Å². The van der Waals surface area contributed by atoms with Crippen molar-refractivity contribution in [2.24, 2.45) is 0 Å². The third-order valence-electron chi connectivity index (χ3n) is 3.67. The molecule has 0 unspecified atom stereocenters. The van der Waals surface area contributed by atoms with Gasteiger partial charge in [-0.2, -0.15) is 5.10 Å². The summed E-state index contributed by atoms with van der Waals surface area (Å²) in [5.74, 6) is -1.07. The number of aromatic carboxylic acids is 1. The molecule has 120 valence electrons. The van der Waals surface area contributed by atoms with Gasteiger partial charge in [-0.3, -0.25) is 0 Å². The lowest BCUT2D eigenvalue weighted by Gasteiger charge is -2.09. The van der Waals surface area contributed by atoms with E-state index < -0.39 is 5.97 Å². The molecule has 1 N–H and O–H groups in total. The highest BCUT2D eigenvalue weighted by Crippen LogP contribution is 2.25. The van der Waals surface area contributed by atoms with E-state index in [0.29, 0.717) is 5.65 Å². The van der Waals surface area contributed by atoms with Crippen LogP contribution < -0.4 is 0 Å². The molecule has 0 saturated carbocycles. The molecular weight excluding hydrogens is 302 g/mol. The molecular formula is C19H17N3O2. The number of rotatable bonds is 4. The van der Waals surface area contributed by atoms with Crippen molar-refractivity contribution in [2.75, 3.05) is 0 Å². The second kappa shape index (κ2) is 6.50. The minimum Gasteiger partial charge on any atom is -0.476 e. The number of fused-ring (bicyclic) bond motifs is 1. The fourth-order valence-electron chi connectivity index (χ4n) is 2.55. The zero-order valence-electron chi connectivity index (χ0n) is 13.5. The molecule has 0 bridgehead atoms. The highest BCUT2D eigenvalue weighted by molar-refractivity contribution is 5.87. The van der Waals surface area contributed by atoms with Gasteiger partial charge in [0.2, 0.25) is 0 Å². The van der Waals surface area contributed by atoms with Crippen LogP contribution in [0.3, 0.4) is 0 Å². The summed E-state index contributed by atoms with van der Waals surface area (Å²) in [7, 11) is 0. The maximum atomic E-state index is 11.3. The molecule has 0 spiro atoms. The molecule has 24 heavy (non-hydrogen) atoms. The lowest BCUT2D eigenvalue weighted by molar-refractivity contribution is 0.0690. The minimum absolute atomic E-state index is 0.0232. The number of nitrogens with zero attached hydrogens (tertiary/aromatic N) is 3. The van der Waals surface area contributed by atoms with E-state index in [-0.39, 0.29) is 5.69 Å². The molecule has 0 aliphatic carbocycles. The first kappa shape index (κ1) is 15.7. The third kappa shape index (κ3) is 2.84. The van der Waals surface area contributed by atoms with Crippen molar-refractivity contribution >= 4 is 17.2 Å². The van der Waals surface area contributed by atoms with Gasteiger partial charge >= 0.3 is 5.97 Å². The summed E-state index contributed by atoms with van der Waals surface area (Å²) in [5.41, 5.74) is 3.97. The summed E-state index contributed by atoms with van der Waals surface area (Å²) in [6, 6.07) is 13.2. The van der Waals surface area contributed by atoms with Gasteiger partial charge in [-0.05, 0) is 25.5 Å². The summed E-state index contributed by atoms with van der Waals surface area (Å²) in [4.78, 5) is 15.8. The van der Waals surface area contributed by atoms with Crippen molar-refractivity contribution in [3.63, 3.8) is 0 Å². The fourth-order valence-corrected chi connectivity index (χ4v) is 2.55. The van der Waals surface area contributed by atoms with Crippen molar-refractivity contribution in [3.05, 3.63) is 72.1 Å². The highest BCUT2D eigenvalue weighted by Gasteiger charge is 2.15. The van der Waals surface area contributed by atoms with Gasteiger partial charge in [0.25, 0.3) is 0 Å². The van der Waals surface area contributed by atoms with Crippen molar-refractivity contribution < 1.29 is 9.90 Å². The van der Waals surface area contributed by atoms with Crippen LogP contribution in [0.1, 0.15) is 30.0 Å². The number of carbonyl (C=O) groups is 1. The SMILES string of the molecule is C/C=C\C(=C/C)c1cc(-c2ccccc2)n2nc(C(=O)O)cc2n1. The van der Waals surface area contributed by atoms with Crippen molar-refractivity contribution in [3.8, 4) is 11.3 Å². The first-order chi connectivity index (χ1) is 11.6. The van der Waals surface area contributed by atoms with Gasteiger partial charge < -0.3 is 5.11 Å². The second-order valence-electron chi connectivity index (χ2n) is 5.24. The molecule has 0 fully saturated rings. The molecule has 2 aromatic heterocycles. The maximum Gasteiger partial charge on any atom is 0.356 e. The van der Waals surface area contributed by atoms with Crippen LogP contribution in [0.15, 0.2) is 60.7 Å². The summed E-state index contributed by atoms with van der Waals surface area (Å²) in [5, 5.41) is 13.4. The lowest BCUT2D eigenvalue weighted by atomic mass is 10.1. The Kier molecular flexibility index (Phi) is 4.24. The summed E-state index contributed by atoms with van der Waals surface area (Å²) in [6.07, 6.45) is 5.90. The van der Waals surface area contributed by atoms with Crippen LogP contribution in [0.5, 0.6) is 0 Å². The van der Waals surface area contributed by atoms with Crippen molar-refractivity contribution in [1.29, 1.82) is 0 Å². The second-order valence-corrected chi connectivity index (χ2v) is 5.24. The van der Waals surface area contributed by atoms with E-state index in [2.05, 4.69) is 10.1 Å². The number of hydrogen-bond acceptors (Lipinski definition) is 3. The van der Waals surface area contributed by atoms with Crippen LogP contribution in [-0.4, -0.2) is 25.7 Å². The highest BCUT2D eigenvalue weighted by atomic mass is 16.4. The number of aromatic nitrogens is 3. The molecule has 0 aliphatic heterocycles. The van der Waals surface area contributed by atoms with E-state index in [1.807, 2.05) is 68.5 Å². The third-order valence-corrected chi connectivity index (χ3v) is 3.67. The van der Waals surface area contributed by atoms with E-state index >= 15 is 0 Å². The van der Waals surface area contributed by atoms with Crippen LogP contribution in [0.2, 0.25) is 0 Å². The minimum atomic E-state index is -1.07. The molecule has 0 aliphatic rings. The predicted octanol–water partition coefficient (Wildman–Crippen LogP) is 4.07. The molecule has 3 aromatic rings. The van der Waals surface area contributed by atoms with Crippen LogP contribution in [0.4, 0.5) is 0 Å². The largest absolute Gasteiger partial charge is 0.476 e. The van der Waals surface area contributed by atoms with E-state index in [1.165, 1.54) is 6.07 Å². The topological polar surface area (TPSA) is 67.5 Å². The monoisotopic (exact) mass is 319 g/mol. The first-order valence-electron chi connectivity index (χ1n) is 7.63. The molecule has 0 atom stereocenters. The summed E-state index contributed by atoms with van der Waals surface area (Å²) in [6.45, 7) is 3.89. The average Bonchev–Trinajstić information content (AvgIpc) is 3.04. The van der Waals surface area contributed by atoms with Crippen LogP contribution >= 0.6 is 0 Å². The fraction of sp³-hybridized carbons (Fsp3) is 0.105. The van der Waals surface area contributed by atoms with E-state index in [1.54, 1.807) is 4.52 Å². The molecule has 1 aromatic carbocycles. The van der Waals surface area contributed by atoms with Gasteiger partial charge in [-0.1, -0.05) is 48.6 Å². The van der Waals surface area contributed by atoms with Crippen LogP contribution in [0.25, 0.3) is 22.5 Å². The number of hydrogen-bond donors (Lipinski definition) is 1. The molecule has 0 amide bonds. The molecule has 5 nitrogen and oxygen atoms in total. The van der Waals surface area contributed by atoms with Gasteiger partial charge in [-0.25, -0.2) is 14.3 Å². The predicted molar refractivity (Wildman–Crippen MR) is 93.8 cm³/mol. The zero-order chi connectivity index (χ0) is 17.1. The number of carboxylic acid groups (broad SMARTS) is 1. The van der Waals surface area contributed by atoms with Crippen LogP contribution in [-0.2, 0) is 0 Å². The smallest absolute Gasteiger partial charge is 0.356 e. The Labute approximate surface area is 139 Å². The van der Waals surface area contributed by atoms with E-state index in [9.17, 15) is 9.90 Å². The number of carboxylic acids is 1. The van der Waals surface area contributed by atoms with Gasteiger partial charge in [0.15, 0.2) is 11.3 Å². The maximum absolute atomic E-state index is 11.3. The normalized spacial score (nSPS) is 12.2. The van der Waals surface area contributed by atoms with E-state index in [0.717, 1.165) is 22.5 Å². The average molecular weight is 319 g/mol. The van der Waals surface area contributed by atoms with Gasteiger partial charge in [0, 0.05) is 11.6 Å². The molecule has 3 rings (SSSR count). The first-order valence-corrected chi connectivity index (χ1v) is 7.63. The summed E-state index contributed by atoms with van der Waals surface area (Å²) < 4.78 is 1.57. The molecule has 2 heterocycles. The van der Waals surface area contributed by atoms with Crippen LogP contribution in [0, 0.1) is 0 Å². The Balaban J connectivity index is 2.32. The Hall–Kier alpha value is -3.21. The zero-order valence-corrected chi connectivity index (χ0v) is 13.5. The number of allylic oxidation sites excluding steroid dienone is 4. The molecule has 0 saturated heterocycles. The quantitative estimate of drug-likeness (QED) is 0.736. The lowest BCUT2D eigenvalue weighted by Crippen LogP contribution is -2.01. The standard InChI is InChI=1S/C19H17N3O2/c1-3-8-13(4-2)15-11-17(14-9-6-5-7-10-14)22-18(20-15)12-16(21-22)19(23)24/h3-12H,1-2H3,(H,23,24)/b8-3-,13-4+. The Morgan fingerprint density at radius 3 is 2.50 bits per heavy atom. The van der Waals surface area contributed by atoms with E-state index in [4.69, 9.17) is 0 Å². The van der Waals surface area contributed by atoms with Gasteiger partial charge in [-0.15, -0.1) is 0 Å².